The Morgan fingerprint density at radius 3 is 2.68 bits per heavy atom. The van der Waals surface area contributed by atoms with Gasteiger partial charge >= 0.3 is 0 Å². The summed E-state index contributed by atoms with van der Waals surface area (Å²) in [5, 5.41) is 8.55. The van der Waals surface area contributed by atoms with Gasteiger partial charge < -0.3 is 4.74 Å². The molecule has 7 heteroatoms. The van der Waals surface area contributed by atoms with Gasteiger partial charge in [0.2, 0.25) is 5.88 Å². The molecular formula is C12H12N6O. The summed E-state index contributed by atoms with van der Waals surface area (Å²) in [4.78, 5) is 8.39. The summed E-state index contributed by atoms with van der Waals surface area (Å²) < 4.78 is 8.43. The van der Waals surface area contributed by atoms with Crippen molar-refractivity contribution < 1.29 is 4.74 Å². The molecule has 0 aliphatic rings. The summed E-state index contributed by atoms with van der Waals surface area (Å²) in [6, 6.07) is 5.53. The zero-order chi connectivity index (χ0) is 13.2. The minimum Gasteiger partial charge on any atom is -0.481 e. The van der Waals surface area contributed by atoms with E-state index in [0.717, 1.165) is 11.4 Å². The van der Waals surface area contributed by atoms with E-state index in [1.165, 1.54) is 0 Å². The van der Waals surface area contributed by atoms with E-state index in [1.807, 2.05) is 19.2 Å². The van der Waals surface area contributed by atoms with E-state index < -0.39 is 0 Å². The van der Waals surface area contributed by atoms with Crippen LogP contribution in [0.15, 0.2) is 36.9 Å². The summed E-state index contributed by atoms with van der Waals surface area (Å²) in [6.07, 6.45) is 5.05. The molecule has 96 valence electrons. The van der Waals surface area contributed by atoms with Crippen LogP contribution in [-0.2, 0) is 7.05 Å². The third-order valence-electron chi connectivity index (χ3n) is 2.65. The average Bonchev–Trinajstić information content (AvgIpc) is 3.07. The molecule has 0 amide bonds. The maximum atomic E-state index is 5.04. The number of ether oxygens (including phenoxy) is 1. The molecule has 3 aromatic heterocycles. The molecule has 3 rings (SSSR count). The van der Waals surface area contributed by atoms with Crippen molar-refractivity contribution in [3.05, 3.63) is 36.9 Å². The summed E-state index contributed by atoms with van der Waals surface area (Å²) in [5.74, 6) is 1.18. The monoisotopic (exact) mass is 256 g/mol. The number of nitrogens with zero attached hydrogens (tertiary/aromatic N) is 6. The minimum absolute atomic E-state index is 0.563. The van der Waals surface area contributed by atoms with Crippen LogP contribution in [0.25, 0.3) is 17.2 Å². The molecule has 0 saturated carbocycles. The Hall–Kier alpha value is -2.70. The second-order valence-electron chi connectivity index (χ2n) is 3.93. The van der Waals surface area contributed by atoms with Crippen LogP contribution in [0.2, 0.25) is 0 Å². The van der Waals surface area contributed by atoms with Gasteiger partial charge in [-0.2, -0.15) is 5.10 Å². The van der Waals surface area contributed by atoms with E-state index in [2.05, 4.69) is 20.2 Å². The van der Waals surface area contributed by atoms with E-state index in [0.29, 0.717) is 11.7 Å². The highest BCUT2D eigenvalue weighted by Gasteiger charge is 2.11. The highest BCUT2D eigenvalue weighted by molar-refractivity contribution is 5.52. The van der Waals surface area contributed by atoms with Gasteiger partial charge in [0.15, 0.2) is 5.82 Å². The fourth-order valence-electron chi connectivity index (χ4n) is 1.75. The summed E-state index contributed by atoms with van der Waals surface area (Å²) in [7, 11) is 3.41. The lowest BCUT2D eigenvalue weighted by molar-refractivity contribution is 0.397. The van der Waals surface area contributed by atoms with Gasteiger partial charge in [-0.05, 0) is 12.1 Å². The maximum absolute atomic E-state index is 5.04. The van der Waals surface area contributed by atoms with Crippen LogP contribution < -0.4 is 4.74 Å². The van der Waals surface area contributed by atoms with Crippen LogP contribution in [0.3, 0.4) is 0 Å². The number of aromatic nitrogens is 6. The summed E-state index contributed by atoms with van der Waals surface area (Å²) in [6.45, 7) is 0. The van der Waals surface area contributed by atoms with Gasteiger partial charge in [0.25, 0.3) is 0 Å². The van der Waals surface area contributed by atoms with Crippen LogP contribution in [-0.4, -0.2) is 36.6 Å². The van der Waals surface area contributed by atoms with Crippen molar-refractivity contribution in [1.82, 2.24) is 29.5 Å². The number of methoxy groups -OCH3 is 1. The van der Waals surface area contributed by atoms with E-state index >= 15 is 0 Å². The summed E-state index contributed by atoms with van der Waals surface area (Å²) >= 11 is 0. The molecule has 3 aromatic rings. The van der Waals surface area contributed by atoms with Crippen molar-refractivity contribution in [3.63, 3.8) is 0 Å². The van der Waals surface area contributed by atoms with E-state index in [4.69, 9.17) is 4.74 Å². The molecule has 3 heterocycles. The predicted molar refractivity (Wildman–Crippen MR) is 67.9 cm³/mol. The van der Waals surface area contributed by atoms with Crippen molar-refractivity contribution in [2.45, 2.75) is 0 Å². The first-order valence-electron chi connectivity index (χ1n) is 5.68. The molecule has 0 aliphatic carbocycles. The van der Waals surface area contributed by atoms with Gasteiger partial charge in [0.05, 0.1) is 25.2 Å². The standard InChI is InChI=1S/C12H12N6O/c1-17-8-14-12(16-17)10-5-6-15-18(10)9-3-4-11(19-2)13-7-9/h3-8H,1-2H3. The maximum Gasteiger partial charge on any atom is 0.213 e. The summed E-state index contributed by atoms with van der Waals surface area (Å²) in [5.41, 5.74) is 1.64. The molecule has 0 aliphatic heterocycles. The molecule has 0 bridgehead atoms. The molecule has 0 saturated heterocycles. The highest BCUT2D eigenvalue weighted by atomic mass is 16.5. The fraction of sp³-hybridized carbons (Fsp3) is 0.167. The molecule has 0 N–H and O–H groups in total. The van der Waals surface area contributed by atoms with Crippen molar-refractivity contribution in [3.8, 4) is 23.1 Å². The Morgan fingerprint density at radius 2 is 2.05 bits per heavy atom. The second kappa shape index (κ2) is 4.52. The Morgan fingerprint density at radius 1 is 1.16 bits per heavy atom. The van der Waals surface area contributed by atoms with Gasteiger partial charge in [-0.1, -0.05) is 0 Å². The first kappa shape index (κ1) is 11.4. The fourth-order valence-corrected chi connectivity index (χ4v) is 1.75. The number of hydrogen-bond acceptors (Lipinski definition) is 5. The molecule has 0 atom stereocenters. The van der Waals surface area contributed by atoms with Crippen LogP contribution in [0.4, 0.5) is 0 Å². The first-order valence-corrected chi connectivity index (χ1v) is 5.68. The molecule has 0 radical (unpaired) electrons. The SMILES string of the molecule is COc1ccc(-n2nccc2-c2ncn(C)n2)cn1. The molecule has 19 heavy (non-hydrogen) atoms. The second-order valence-corrected chi connectivity index (χ2v) is 3.93. The van der Waals surface area contributed by atoms with Gasteiger partial charge in [-0.25, -0.2) is 14.6 Å². The van der Waals surface area contributed by atoms with Crippen LogP contribution in [0.1, 0.15) is 0 Å². The molecule has 0 unspecified atom stereocenters. The minimum atomic E-state index is 0.563. The molecule has 0 fully saturated rings. The van der Waals surface area contributed by atoms with Crippen molar-refractivity contribution in [2.24, 2.45) is 7.05 Å². The molecule has 0 aromatic carbocycles. The van der Waals surface area contributed by atoms with Gasteiger partial charge in [0, 0.05) is 13.1 Å². The molecular weight excluding hydrogens is 244 g/mol. The zero-order valence-electron chi connectivity index (χ0n) is 10.6. The van der Waals surface area contributed by atoms with Crippen molar-refractivity contribution in [2.75, 3.05) is 7.11 Å². The number of hydrogen-bond donors (Lipinski definition) is 0. The lowest BCUT2D eigenvalue weighted by Gasteiger charge is -2.05. The Kier molecular flexibility index (Phi) is 2.71. The largest absolute Gasteiger partial charge is 0.481 e. The first-order chi connectivity index (χ1) is 9.28. The van der Waals surface area contributed by atoms with Gasteiger partial charge in [-0.3, -0.25) is 4.68 Å². The smallest absolute Gasteiger partial charge is 0.213 e. The Labute approximate surface area is 109 Å². The van der Waals surface area contributed by atoms with Crippen LogP contribution in [0.5, 0.6) is 5.88 Å². The normalized spacial score (nSPS) is 10.6. The number of pyridine rings is 1. The zero-order valence-corrected chi connectivity index (χ0v) is 10.6. The topological polar surface area (TPSA) is 70.7 Å². The van der Waals surface area contributed by atoms with Crippen molar-refractivity contribution in [1.29, 1.82) is 0 Å². The average molecular weight is 256 g/mol. The van der Waals surface area contributed by atoms with Crippen LogP contribution >= 0.6 is 0 Å². The third kappa shape index (κ3) is 2.05. The van der Waals surface area contributed by atoms with Gasteiger partial charge in [-0.15, -0.1) is 5.10 Å². The Balaban J connectivity index is 2.03. The molecule has 0 spiro atoms. The van der Waals surface area contributed by atoms with Gasteiger partial charge in [0.1, 0.15) is 12.0 Å². The third-order valence-corrected chi connectivity index (χ3v) is 2.65. The number of rotatable bonds is 3. The van der Waals surface area contributed by atoms with Crippen molar-refractivity contribution >= 4 is 0 Å². The lowest BCUT2D eigenvalue weighted by Crippen LogP contribution is -2.01. The quantitative estimate of drug-likeness (QED) is 0.701. The highest BCUT2D eigenvalue weighted by Crippen LogP contribution is 2.19. The lowest BCUT2D eigenvalue weighted by atomic mass is 10.3. The molecule has 7 nitrogen and oxygen atoms in total. The van der Waals surface area contributed by atoms with Crippen LogP contribution in [0, 0.1) is 0 Å². The number of aryl methyl sites for hydroxylation is 1. The predicted octanol–water partition coefficient (Wildman–Crippen LogP) is 1.07. The van der Waals surface area contributed by atoms with E-state index in [9.17, 15) is 0 Å². The Bertz CT molecular complexity index is 684. The van der Waals surface area contributed by atoms with E-state index in [1.54, 1.807) is 41.3 Å². The van der Waals surface area contributed by atoms with E-state index in [-0.39, 0.29) is 0 Å².